The van der Waals surface area contributed by atoms with Crippen LogP contribution in [0.15, 0.2) is 16.9 Å². The number of benzene rings is 1. The minimum absolute atomic E-state index is 0.174. The van der Waals surface area contributed by atoms with Crippen LogP contribution in [-0.4, -0.2) is 12.1 Å². The molecule has 0 saturated heterocycles. The zero-order valence-corrected chi connectivity index (χ0v) is 10.1. The average Bonchev–Trinajstić information content (AvgIpc) is 2.34. The van der Waals surface area contributed by atoms with Gasteiger partial charge in [0.15, 0.2) is 5.43 Å². The Morgan fingerprint density at radius 1 is 1.41 bits per heavy atom. The van der Waals surface area contributed by atoms with Gasteiger partial charge in [0.25, 0.3) is 0 Å². The second-order valence-electron chi connectivity index (χ2n) is 3.91. The quantitative estimate of drug-likeness (QED) is 0.869. The van der Waals surface area contributed by atoms with E-state index in [0.29, 0.717) is 17.7 Å². The lowest BCUT2D eigenvalue weighted by Gasteiger charge is -2.10. The summed E-state index contributed by atoms with van der Waals surface area (Å²) in [5, 5.41) is 0.280. The number of rotatable bonds is 2. The van der Waals surface area contributed by atoms with Gasteiger partial charge < -0.3 is 9.72 Å². The number of hydrogen-bond acceptors (Lipinski definition) is 2. The topological polar surface area (TPSA) is 42.1 Å². The number of nitrogens with one attached hydrogen (secondary N) is 1. The summed E-state index contributed by atoms with van der Waals surface area (Å²) in [6, 6.07) is 2.77. The molecule has 0 fully saturated rings. The molecular weight excluding hydrogens is 221 g/mol. The number of aromatic amines is 1. The van der Waals surface area contributed by atoms with E-state index in [9.17, 15) is 9.18 Å². The number of pyridine rings is 1. The van der Waals surface area contributed by atoms with Gasteiger partial charge in [-0.25, -0.2) is 4.39 Å². The van der Waals surface area contributed by atoms with Crippen LogP contribution < -0.4 is 10.2 Å². The molecule has 1 N–H and O–H groups in total. The van der Waals surface area contributed by atoms with E-state index in [2.05, 4.69) is 4.98 Å². The summed E-state index contributed by atoms with van der Waals surface area (Å²) in [5.41, 5.74) is 1.42. The van der Waals surface area contributed by atoms with E-state index in [1.54, 1.807) is 6.92 Å². The van der Waals surface area contributed by atoms with Gasteiger partial charge in [-0.2, -0.15) is 0 Å². The van der Waals surface area contributed by atoms with Gasteiger partial charge in [-0.05, 0) is 25.5 Å². The molecule has 2 rings (SSSR count). The van der Waals surface area contributed by atoms with Gasteiger partial charge in [-0.1, -0.05) is 6.92 Å². The third-order valence-electron chi connectivity index (χ3n) is 2.99. The molecular formula is C13H14FNO2. The summed E-state index contributed by atoms with van der Waals surface area (Å²) >= 11 is 0. The van der Waals surface area contributed by atoms with Crippen LogP contribution in [0.2, 0.25) is 0 Å². The maximum absolute atomic E-state index is 13.7. The molecule has 1 aromatic heterocycles. The van der Waals surface area contributed by atoms with Crippen molar-refractivity contribution in [3.8, 4) is 5.75 Å². The Bertz CT molecular complexity index is 631. The normalized spacial score (nSPS) is 10.8. The fourth-order valence-electron chi connectivity index (χ4n) is 2.00. The molecule has 90 valence electrons. The molecule has 0 amide bonds. The largest absolute Gasteiger partial charge is 0.496 e. The number of aryl methyl sites for hydroxylation is 1. The third-order valence-corrected chi connectivity index (χ3v) is 2.99. The molecule has 0 unspecified atom stereocenters. The second-order valence-corrected chi connectivity index (χ2v) is 3.91. The fourth-order valence-corrected chi connectivity index (χ4v) is 2.00. The first kappa shape index (κ1) is 11.6. The molecule has 0 spiro atoms. The number of aromatic nitrogens is 1. The van der Waals surface area contributed by atoms with Gasteiger partial charge in [0.2, 0.25) is 0 Å². The van der Waals surface area contributed by atoms with Crippen molar-refractivity contribution < 1.29 is 9.13 Å². The summed E-state index contributed by atoms with van der Waals surface area (Å²) < 4.78 is 18.8. The first-order valence-corrected chi connectivity index (χ1v) is 5.48. The highest BCUT2D eigenvalue weighted by molar-refractivity contribution is 5.86. The summed E-state index contributed by atoms with van der Waals surface area (Å²) in [6.07, 6.45) is 0.660. The van der Waals surface area contributed by atoms with Gasteiger partial charge in [0.1, 0.15) is 11.6 Å². The number of H-pyrrole nitrogens is 1. The van der Waals surface area contributed by atoms with Gasteiger partial charge in [0.05, 0.1) is 18.0 Å². The van der Waals surface area contributed by atoms with Crippen molar-refractivity contribution in [1.82, 2.24) is 4.98 Å². The van der Waals surface area contributed by atoms with Crippen LogP contribution in [0.1, 0.15) is 18.2 Å². The van der Waals surface area contributed by atoms with Gasteiger partial charge >= 0.3 is 0 Å². The summed E-state index contributed by atoms with van der Waals surface area (Å²) in [4.78, 5) is 15.1. The molecule has 4 heteroatoms. The molecule has 0 bridgehead atoms. The highest BCUT2D eigenvalue weighted by Gasteiger charge is 2.14. The predicted octanol–water partition coefficient (Wildman–Crippen LogP) is 2.55. The maximum atomic E-state index is 13.7. The van der Waals surface area contributed by atoms with Crippen molar-refractivity contribution in [3.05, 3.63) is 39.4 Å². The first-order valence-electron chi connectivity index (χ1n) is 5.48. The molecule has 0 aliphatic carbocycles. The van der Waals surface area contributed by atoms with E-state index in [4.69, 9.17) is 4.74 Å². The Balaban J connectivity index is 3.00. The molecule has 1 aromatic carbocycles. The SMILES string of the molecule is CCc1[nH]c2c(F)ccc(OC)c2c(=O)c1C. The van der Waals surface area contributed by atoms with E-state index in [1.165, 1.54) is 19.2 Å². The third kappa shape index (κ3) is 1.69. The molecule has 0 aliphatic rings. The molecule has 0 saturated carbocycles. The van der Waals surface area contributed by atoms with Crippen molar-refractivity contribution in [1.29, 1.82) is 0 Å². The van der Waals surface area contributed by atoms with Gasteiger partial charge in [-0.3, -0.25) is 4.79 Å². The average molecular weight is 235 g/mol. The zero-order valence-electron chi connectivity index (χ0n) is 10.1. The first-order chi connectivity index (χ1) is 8.10. The van der Waals surface area contributed by atoms with Crippen LogP contribution >= 0.6 is 0 Å². The van der Waals surface area contributed by atoms with Gasteiger partial charge in [0, 0.05) is 11.3 Å². The second kappa shape index (κ2) is 4.20. The van der Waals surface area contributed by atoms with Crippen LogP contribution in [0.3, 0.4) is 0 Å². The van der Waals surface area contributed by atoms with Gasteiger partial charge in [-0.15, -0.1) is 0 Å². The van der Waals surface area contributed by atoms with E-state index < -0.39 is 5.82 Å². The molecule has 2 aromatic rings. The lowest BCUT2D eigenvalue weighted by atomic mass is 10.1. The number of fused-ring (bicyclic) bond motifs is 1. The summed E-state index contributed by atoms with van der Waals surface area (Å²) in [5.74, 6) is -0.0407. The molecule has 1 heterocycles. The minimum atomic E-state index is -0.437. The summed E-state index contributed by atoms with van der Waals surface area (Å²) in [6.45, 7) is 3.66. The molecule has 17 heavy (non-hydrogen) atoms. The van der Waals surface area contributed by atoms with Crippen LogP contribution in [0.4, 0.5) is 4.39 Å². The zero-order chi connectivity index (χ0) is 12.6. The Morgan fingerprint density at radius 3 is 2.71 bits per heavy atom. The van der Waals surface area contributed by atoms with E-state index in [0.717, 1.165) is 5.69 Å². The van der Waals surface area contributed by atoms with Crippen LogP contribution in [0.25, 0.3) is 10.9 Å². The lowest BCUT2D eigenvalue weighted by Crippen LogP contribution is -2.13. The minimum Gasteiger partial charge on any atom is -0.496 e. The Kier molecular flexibility index (Phi) is 2.88. The predicted molar refractivity (Wildman–Crippen MR) is 65.2 cm³/mol. The number of methoxy groups -OCH3 is 1. The van der Waals surface area contributed by atoms with Crippen molar-refractivity contribution in [2.24, 2.45) is 0 Å². The Labute approximate surface area is 98.2 Å². The molecule has 3 nitrogen and oxygen atoms in total. The van der Waals surface area contributed by atoms with Crippen LogP contribution in [-0.2, 0) is 6.42 Å². The van der Waals surface area contributed by atoms with E-state index in [-0.39, 0.29) is 16.3 Å². The number of halogens is 1. The van der Waals surface area contributed by atoms with Crippen LogP contribution in [0.5, 0.6) is 5.75 Å². The highest BCUT2D eigenvalue weighted by atomic mass is 19.1. The standard InChI is InChI=1S/C13H14FNO2/c1-4-9-7(2)13(16)11-10(17-3)6-5-8(14)12(11)15-9/h5-6H,4H2,1-3H3,(H,15,16). The van der Waals surface area contributed by atoms with Crippen molar-refractivity contribution in [3.63, 3.8) is 0 Å². The number of hydrogen-bond donors (Lipinski definition) is 1. The molecule has 0 atom stereocenters. The highest BCUT2D eigenvalue weighted by Crippen LogP contribution is 2.24. The monoisotopic (exact) mass is 235 g/mol. The van der Waals surface area contributed by atoms with Crippen LogP contribution in [0, 0.1) is 12.7 Å². The van der Waals surface area contributed by atoms with Crippen molar-refractivity contribution in [2.75, 3.05) is 7.11 Å². The molecule has 0 radical (unpaired) electrons. The smallest absolute Gasteiger partial charge is 0.196 e. The van der Waals surface area contributed by atoms with Crippen molar-refractivity contribution >= 4 is 10.9 Å². The fraction of sp³-hybridized carbons (Fsp3) is 0.308. The Morgan fingerprint density at radius 2 is 2.12 bits per heavy atom. The van der Waals surface area contributed by atoms with Crippen molar-refractivity contribution in [2.45, 2.75) is 20.3 Å². The number of ether oxygens (including phenoxy) is 1. The maximum Gasteiger partial charge on any atom is 0.196 e. The molecule has 0 aliphatic heterocycles. The van der Waals surface area contributed by atoms with E-state index >= 15 is 0 Å². The summed E-state index contributed by atoms with van der Waals surface area (Å²) in [7, 11) is 1.47. The lowest BCUT2D eigenvalue weighted by molar-refractivity contribution is 0.418. The Hall–Kier alpha value is -1.84. The van der Waals surface area contributed by atoms with E-state index in [1.807, 2.05) is 6.92 Å².